The third kappa shape index (κ3) is 6.20. The number of carbonyl (C=O) groups excluding carboxylic acids is 2. The number of nitrogens with one attached hydrogen (secondary N) is 1. The molecular formula is C40H54N4O8. The Hall–Kier alpha value is -3.52. The van der Waals surface area contributed by atoms with Gasteiger partial charge in [-0.05, 0) is 95.1 Å². The summed E-state index contributed by atoms with van der Waals surface area (Å²) in [5.74, 6) is 0.128. The maximum absolute atomic E-state index is 15.0. The second-order valence-electron chi connectivity index (χ2n) is 15.7. The fourth-order valence-corrected chi connectivity index (χ4v) is 9.66. The van der Waals surface area contributed by atoms with Crippen LogP contribution < -0.4 is 10.1 Å². The van der Waals surface area contributed by atoms with Gasteiger partial charge in [0.15, 0.2) is 0 Å². The molecule has 12 nitrogen and oxygen atoms in total. The Labute approximate surface area is 305 Å². The molecule has 2 aromatic carbocycles. The van der Waals surface area contributed by atoms with Crippen LogP contribution in [-0.2, 0) is 25.7 Å². The second kappa shape index (κ2) is 14.4. The Morgan fingerprint density at radius 3 is 2.35 bits per heavy atom. The first-order chi connectivity index (χ1) is 24.9. The molecule has 282 valence electrons. The molecule has 1 aromatic heterocycles. The third-order valence-electron chi connectivity index (χ3n) is 11.9. The molecule has 4 aliphatic rings. The quantitative estimate of drug-likeness (QED) is 0.207. The van der Waals surface area contributed by atoms with Gasteiger partial charge in [0.1, 0.15) is 11.9 Å². The lowest BCUT2D eigenvalue weighted by molar-refractivity contribution is -0.341. The van der Waals surface area contributed by atoms with E-state index in [1.807, 2.05) is 69.2 Å². The maximum Gasteiger partial charge on any atom is 0.263 e. The molecular weight excluding hydrogens is 664 g/mol. The summed E-state index contributed by atoms with van der Waals surface area (Å²) in [5.41, 5.74) is 2.97. The average Bonchev–Trinajstić information content (AvgIpc) is 3.80. The van der Waals surface area contributed by atoms with Crippen molar-refractivity contribution >= 4 is 22.7 Å². The number of methoxy groups -OCH3 is 2. The fourth-order valence-electron chi connectivity index (χ4n) is 9.66. The summed E-state index contributed by atoms with van der Waals surface area (Å²) < 4.78 is 20.0. The van der Waals surface area contributed by atoms with Gasteiger partial charge in [-0.1, -0.05) is 25.3 Å². The van der Waals surface area contributed by atoms with Gasteiger partial charge in [-0.2, -0.15) is 0 Å². The Kier molecular flexibility index (Phi) is 10.2. The molecule has 2 amide bonds. The summed E-state index contributed by atoms with van der Waals surface area (Å²) in [4.78, 5) is 38.2. The number of benzene rings is 2. The lowest BCUT2D eigenvalue weighted by Gasteiger charge is -2.42. The number of amides is 2. The lowest BCUT2D eigenvalue weighted by Crippen LogP contribution is -2.60. The van der Waals surface area contributed by atoms with Crippen LogP contribution in [0.1, 0.15) is 86.4 Å². The molecule has 0 bridgehead atoms. The van der Waals surface area contributed by atoms with Crippen LogP contribution in [0.4, 0.5) is 0 Å². The molecule has 8 atom stereocenters. The van der Waals surface area contributed by atoms with Crippen molar-refractivity contribution in [1.29, 1.82) is 0 Å². The standard InChI is InChI=1S/C40H54N4O8/c1-22-19-43(20-23(2)51-22)39(47)40(52-48)21-44-31-17-26(38(46)41-34-32(24(3)45)36(34)42(4)5)13-15-29(31)33(25-11-9-8-10-12-25)35(44)28-16-14-27(49-6)18-30(28)37(40)50-7/h13-18,22-25,32,34,36-37,45,48H,8-12,19-21H2,1-7H3,(H,41,46)/t22-,23+,24-,32?,34?,36?,37-,40+/m0/s1. The van der Waals surface area contributed by atoms with Crippen LogP contribution in [0, 0.1) is 5.92 Å². The van der Waals surface area contributed by atoms with Gasteiger partial charge in [0, 0.05) is 54.2 Å². The number of rotatable bonds is 9. The van der Waals surface area contributed by atoms with Crippen molar-refractivity contribution in [3.05, 3.63) is 53.1 Å². The Morgan fingerprint density at radius 1 is 1.04 bits per heavy atom. The van der Waals surface area contributed by atoms with Gasteiger partial charge >= 0.3 is 0 Å². The number of fused-ring (bicyclic) bond motifs is 5. The van der Waals surface area contributed by atoms with Gasteiger partial charge in [0.25, 0.3) is 11.8 Å². The van der Waals surface area contributed by atoms with Gasteiger partial charge < -0.3 is 39.0 Å². The zero-order chi connectivity index (χ0) is 37.1. The minimum absolute atomic E-state index is 0.0357. The van der Waals surface area contributed by atoms with Crippen LogP contribution in [0.2, 0.25) is 0 Å². The summed E-state index contributed by atoms with van der Waals surface area (Å²) in [5, 5.41) is 25.7. The zero-order valence-electron chi connectivity index (χ0n) is 31.4. The topological polar surface area (TPSA) is 135 Å². The van der Waals surface area contributed by atoms with Crippen LogP contribution in [0.25, 0.3) is 22.2 Å². The van der Waals surface area contributed by atoms with Crippen LogP contribution in [0.3, 0.4) is 0 Å². The number of ether oxygens (including phenoxy) is 3. The van der Waals surface area contributed by atoms with E-state index in [0.29, 0.717) is 30.0 Å². The Balaban J connectivity index is 1.43. The largest absolute Gasteiger partial charge is 0.497 e. The van der Waals surface area contributed by atoms with E-state index in [-0.39, 0.29) is 48.6 Å². The number of aliphatic hydroxyl groups is 1. The lowest BCUT2D eigenvalue weighted by atomic mass is 9.80. The highest BCUT2D eigenvalue weighted by atomic mass is 17.1. The van der Waals surface area contributed by atoms with E-state index >= 15 is 0 Å². The first-order valence-corrected chi connectivity index (χ1v) is 18.7. The van der Waals surface area contributed by atoms with Crippen molar-refractivity contribution in [1.82, 2.24) is 19.7 Å². The van der Waals surface area contributed by atoms with Crippen LogP contribution in [0.15, 0.2) is 36.4 Å². The number of morpholine rings is 1. The van der Waals surface area contributed by atoms with Crippen LogP contribution in [-0.4, -0.2) is 114 Å². The van der Waals surface area contributed by atoms with E-state index in [4.69, 9.17) is 19.1 Å². The molecule has 7 rings (SSSR count). The number of nitrogens with zero attached hydrogens (tertiary/aromatic N) is 3. The van der Waals surface area contributed by atoms with Gasteiger partial charge in [0.2, 0.25) is 5.60 Å². The van der Waals surface area contributed by atoms with Crippen molar-refractivity contribution in [2.24, 2.45) is 5.92 Å². The van der Waals surface area contributed by atoms with Crippen molar-refractivity contribution in [2.45, 2.75) is 107 Å². The minimum atomic E-state index is -1.90. The van der Waals surface area contributed by atoms with Gasteiger partial charge in [-0.3, -0.25) is 14.8 Å². The summed E-state index contributed by atoms with van der Waals surface area (Å²) in [7, 11) is 7.04. The SMILES string of the molecule is COc1ccc2c(c1)[C@H](OC)[C@@](OO)(C(=O)N1C[C@@H](C)O[C@@H](C)C1)Cn1c-2c(C2CCCCC2)c2ccc(C(=O)NC3C([C@H](C)O)C3N(C)C)cc21. The Bertz CT molecular complexity index is 1790. The minimum Gasteiger partial charge on any atom is -0.497 e. The van der Waals surface area contributed by atoms with Crippen molar-refractivity contribution in [3.8, 4) is 17.0 Å². The van der Waals surface area contributed by atoms with Gasteiger partial charge in [-0.25, -0.2) is 4.89 Å². The van der Waals surface area contributed by atoms with Crippen LogP contribution in [0.5, 0.6) is 5.75 Å². The molecule has 3 unspecified atom stereocenters. The van der Waals surface area contributed by atoms with Gasteiger partial charge in [-0.15, -0.1) is 0 Å². The summed E-state index contributed by atoms with van der Waals surface area (Å²) in [6.07, 6.45) is 3.45. The molecule has 3 heterocycles. The summed E-state index contributed by atoms with van der Waals surface area (Å²) in [6.45, 7) is 6.20. The fraction of sp³-hybridized carbons (Fsp3) is 0.600. The number of likely N-dealkylation sites (N-methyl/N-ethyl adjacent to an activating group) is 1. The highest BCUT2D eigenvalue weighted by Crippen LogP contribution is 2.51. The van der Waals surface area contributed by atoms with E-state index in [1.165, 1.54) is 19.1 Å². The van der Waals surface area contributed by atoms with Crippen molar-refractivity contribution in [3.63, 3.8) is 0 Å². The van der Waals surface area contributed by atoms with E-state index in [1.54, 1.807) is 18.9 Å². The second-order valence-corrected chi connectivity index (χ2v) is 15.7. The average molecular weight is 719 g/mol. The molecule has 2 saturated carbocycles. The normalized spacial score (nSPS) is 29.7. The first-order valence-electron chi connectivity index (χ1n) is 18.7. The van der Waals surface area contributed by atoms with E-state index in [9.17, 15) is 20.0 Å². The number of aromatic nitrogens is 1. The smallest absolute Gasteiger partial charge is 0.263 e. The molecule has 1 saturated heterocycles. The molecule has 0 radical (unpaired) electrons. The number of hydrogen-bond acceptors (Lipinski definition) is 9. The Morgan fingerprint density at radius 2 is 1.75 bits per heavy atom. The molecule has 3 fully saturated rings. The molecule has 52 heavy (non-hydrogen) atoms. The maximum atomic E-state index is 15.0. The van der Waals surface area contributed by atoms with E-state index < -0.39 is 23.7 Å². The first kappa shape index (κ1) is 36.8. The highest BCUT2D eigenvalue weighted by Gasteiger charge is 2.56. The van der Waals surface area contributed by atoms with Crippen LogP contribution >= 0.6 is 0 Å². The molecule has 2 aliphatic carbocycles. The molecule has 12 heteroatoms. The summed E-state index contributed by atoms with van der Waals surface area (Å²) >= 11 is 0. The highest BCUT2D eigenvalue weighted by molar-refractivity contribution is 6.02. The molecule has 3 aromatic rings. The third-order valence-corrected chi connectivity index (χ3v) is 11.9. The predicted molar refractivity (Wildman–Crippen MR) is 196 cm³/mol. The number of hydrogen-bond donors (Lipinski definition) is 3. The molecule has 3 N–H and O–H groups in total. The molecule has 2 aliphatic heterocycles. The van der Waals surface area contributed by atoms with E-state index in [2.05, 4.69) is 9.88 Å². The number of carbonyl (C=O) groups is 2. The van der Waals surface area contributed by atoms with E-state index in [0.717, 1.165) is 47.8 Å². The predicted octanol–water partition coefficient (Wildman–Crippen LogP) is 4.97. The van der Waals surface area contributed by atoms with Crippen molar-refractivity contribution in [2.75, 3.05) is 41.4 Å². The number of aliphatic hydroxyl groups excluding tert-OH is 1. The van der Waals surface area contributed by atoms with Crippen molar-refractivity contribution < 1.29 is 39.1 Å². The van der Waals surface area contributed by atoms with Gasteiger partial charge in [0.05, 0.1) is 43.7 Å². The zero-order valence-corrected chi connectivity index (χ0v) is 31.4. The summed E-state index contributed by atoms with van der Waals surface area (Å²) in [6, 6.07) is 11.4. The monoisotopic (exact) mass is 718 g/mol. The molecule has 0 spiro atoms.